The van der Waals surface area contributed by atoms with Gasteiger partial charge in [-0.3, -0.25) is 4.79 Å². The van der Waals surface area contributed by atoms with Crippen LogP contribution in [0.15, 0.2) is 10.9 Å². The van der Waals surface area contributed by atoms with Crippen LogP contribution in [-0.2, 0) is 11.2 Å². The molecule has 0 aliphatic heterocycles. The van der Waals surface area contributed by atoms with Crippen molar-refractivity contribution in [3.8, 4) is 0 Å². The van der Waals surface area contributed by atoms with E-state index in [1.807, 2.05) is 0 Å². The largest absolute Gasteiger partial charge is 0.355 e. The first kappa shape index (κ1) is 11.6. The minimum atomic E-state index is 0.00596. The van der Waals surface area contributed by atoms with Gasteiger partial charge in [0.2, 0.25) is 11.8 Å². The summed E-state index contributed by atoms with van der Waals surface area (Å²) in [6, 6.07) is 0.0483. The molecule has 2 aliphatic carbocycles. The van der Waals surface area contributed by atoms with Gasteiger partial charge in [0, 0.05) is 19.0 Å². The molecule has 3 N–H and O–H groups in total. The van der Waals surface area contributed by atoms with Crippen molar-refractivity contribution in [1.82, 2.24) is 15.5 Å². The molecule has 3 rings (SSSR count). The Morgan fingerprint density at radius 2 is 2.33 bits per heavy atom. The fourth-order valence-electron chi connectivity index (χ4n) is 3.44. The van der Waals surface area contributed by atoms with Crippen molar-refractivity contribution in [2.45, 2.75) is 31.7 Å². The molecule has 2 aliphatic rings. The predicted molar refractivity (Wildman–Crippen MR) is 63.3 cm³/mol. The molecule has 18 heavy (non-hydrogen) atoms. The molecular weight excluding hydrogens is 232 g/mol. The summed E-state index contributed by atoms with van der Waals surface area (Å²) in [7, 11) is 0. The fourth-order valence-corrected chi connectivity index (χ4v) is 3.44. The lowest BCUT2D eigenvalue weighted by atomic mass is 9.84. The first-order valence-electron chi connectivity index (χ1n) is 6.54. The molecule has 0 saturated heterocycles. The summed E-state index contributed by atoms with van der Waals surface area (Å²) in [4.78, 5) is 16.0. The van der Waals surface area contributed by atoms with Crippen molar-refractivity contribution in [2.24, 2.45) is 23.5 Å². The number of carbonyl (C=O) groups is 1. The zero-order valence-electron chi connectivity index (χ0n) is 10.2. The smallest absolute Gasteiger partial charge is 0.228 e. The van der Waals surface area contributed by atoms with E-state index in [0.717, 1.165) is 12.8 Å². The fraction of sp³-hybridized carbons (Fsp3) is 0.750. The first-order chi connectivity index (χ1) is 8.75. The van der Waals surface area contributed by atoms with Crippen LogP contribution in [0, 0.1) is 17.8 Å². The quantitative estimate of drug-likeness (QED) is 0.790. The van der Waals surface area contributed by atoms with Gasteiger partial charge in [-0.1, -0.05) is 5.16 Å². The molecule has 4 atom stereocenters. The lowest BCUT2D eigenvalue weighted by Gasteiger charge is -2.26. The van der Waals surface area contributed by atoms with Gasteiger partial charge in [0.1, 0.15) is 0 Å². The summed E-state index contributed by atoms with van der Waals surface area (Å²) in [5.41, 5.74) is 6.13. The number of nitrogens with one attached hydrogen (secondary N) is 1. The Morgan fingerprint density at radius 1 is 1.50 bits per heavy atom. The van der Waals surface area contributed by atoms with E-state index >= 15 is 0 Å². The van der Waals surface area contributed by atoms with Crippen LogP contribution < -0.4 is 11.1 Å². The van der Waals surface area contributed by atoms with Crippen molar-refractivity contribution in [3.05, 3.63) is 12.2 Å². The van der Waals surface area contributed by atoms with Crippen LogP contribution in [0.5, 0.6) is 0 Å². The van der Waals surface area contributed by atoms with E-state index in [-0.39, 0.29) is 17.9 Å². The second-order valence-corrected chi connectivity index (χ2v) is 5.31. The van der Waals surface area contributed by atoms with Gasteiger partial charge in [-0.15, -0.1) is 0 Å². The Kier molecular flexibility index (Phi) is 3.03. The highest BCUT2D eigenvalue weighted by molar-refractivity contribution is 5.80. The number of nitrogens with zero attached hydrogens (tertiary/aromatic N) is 2. The van der Waals surface area contributed by atoms with Gasteiger partial charge in [-0.25, -0.2) is 0 Å². The first-order valence-corrected chi connectivity index (χ1v) is 6.54. The van der Waals surface area contributed by atoms with E-state index in [1.165, 1.54) is 12.7 Å². The highest BCUT2D eigenvalue weighted by Crippen LogP contribution is 2.47. The Bertz CT molecular complexity index is 418. The molecule has 0 radical (unpaired) electrons. The molecular formula is C12H18N4O2. The topological polar surface area (TPSA) is 94.0 Å². The van der Waals surface area contributed by atoms with E-state index in [4.69, 9.17) is 10.3 Å². The minimum absolute atomic E-state index is 0.00596. The molecule has 1 aromatic heterocycles. The van der Waals surface area contributed by atoms with Crippen LogP contribution in [-0.4, -0.2) is 28.6 Å². The third-order valence-electron chi connectivity index (χ3n) is 4.33. The van der Waals surface area contributed by atoms with Gasteiger partial charge in [-0.2, -0.15) is 4.98 Å². The maximum Gasteiger partial charge on any atom is 0.228 e. The Labute approximate surface area is 105 Å². The van der Waals surface area contributed by atoms with Crippen LogP contribution in [0.25, 0.3) is 0 Å². The lowest BCUT2D eigenvalue weighted by Crippen LogP contribution is -2.45. The van der Waals surface area contributed by atoms with Crippen LogP contribution in [0.4, 0.5) is 0 Å². The highest BCUT2D eigenvalue weighted by atomic mass is 16.5. The zero-order valence-corrected chi connectivity index (χ0v) is 10.2. The third-order valence-corrected chi connectivity index (χ3v) is 4.33. The SMILES string of the molecule is NC1C2CCC(C2)C1C(=O)NCCc1ncno1. The van der Waals surface area contributed by atoms with E-state index in [2.05, 4.69) is 15.5 Å². The second-order valence-electron chi connectivity index (χ2n) is 5.31. The highest BCUT2D eigenvalue weighted by Gasteiger charge is 2.48. The van der Waals surface area contributed by atoms with Crippen molar-refractivity contribution < 1.29 is 9.32 Å². The molecule has 0 aromatic carbocycles. The average molecular weight is 250 g/mol. The molecule has 98 valence electrons. The summed E-state index contributed by atoms with van der Waals surface area (Å²) < 4.78 is 4.87. The molecule has 2 bridgehead atoms. The number of nitrogens with two attached hydrogens (primary N) is 1. The maximum atomic E-state index is 12.1. The van der Waals surface area contributed by atoms with E-state index < -0.39 is 0 Å². The van der Waals surface area contributed by atoms with Gasteiger partial charge in [0.25, 0.3) is 0 Å². The van der Waals surface area contributed by atoms with Crippen LogP contribution in [0.3, 0.4) is 0 Å². The molecule has 0 spiro atoms. The monoisotopic (exact) mass is 250 g/mol. The Hall–Kier alpha value is -1.43. The third kappa shape index (κ3) is 2.01. The van der Waals surface area contributed by atoms with Gasteiger partial charge >= 0.3 is 0 Å². The molecule has 2 saturated carbocycles. The number of amides is 1. The van der Waals surface area contributed by atoms with E-state index in [0.29, 0.717) is 30.7 Å². The Balaban J connectivity index is 1.50. The van der Waals surface area contributed by atoms with Gasteiger partial charge in [-0.05, 0) is 31.1 Å². The molecule has 6 heteroatoms. The second kappa shape index (κ2) is 4.68. The minimum Gasteiger partial charge on any atom is -0.355 e. The zero-order chi connectivity index (χ0) is 12.5. The number of carbonyl (C=O) groups excluding carboxylic acids is 1. The number of aromatic nitrogens is 2. The van der Waals surface area contributed by atoms with Crippen molar-refractivity contribution in [3.63, 3.8) is 0 Å². The maximum absolute atomic E-state index is 12.1. The molecule has 1 amide bonds. The molecule has 1 aromatic rings. The normalized spacial score (nSPS) is 33.8. The Morgan fingerprint density at radius 3 is 3.00 bits per heavy atom. The summed E-state index contributed by atoms with van der Waals surface area (Å²) in [5, 5.41) is 6.45. The van der Waals surface area contributed by atoms with Crippen molar-refractivity contribution in [2.75, 3.05) is 6.54 Å². The van der Waals surface area contributed by atoms with Gasteiger partial charge < -0.3 is 15.6 Å². The standard InChI is InChI=1S/C12H18N4O2/c13-11-8-2-1-7(5-8)10(11)12(17)14-4-3-9-15-6-16-18-9/h6-8,10-11H,1-5,13H2,(H,14,17). The van der Waals surface area contributed by atoms with Crippen molar-refractivity contribution in [1.29, 1.82) is 0 Å². The molecule has 4 unspecified atom stereocenters. The number of hydrogen-bond donors (Lipinski definition) is 2. The lowest BCUT2D eigenvalue weighted by molar-refractivity contribution is -0.127. The number of hydrogen-bond acceptors (Lipinski definition) is 5. The van der Waals surface area contributed by atoms with E-state index in [1.54, 1.807) is 0 Å². The predicted octanol–water partition coefficient (Wildman–Crippen LogP) is 0.102. The van der Waals surface area contributed by atoms with Gasteiger partial charge in [0.15, 0.2) is 6.33 Å². The summed E-state index contributed by atoms with van der Waals surface area (Å²) >= 11 is 0. The molecule has 1 heterocycles. The molecule has 6 nitrogen and oxygen atoms in total. The summed E-state index contributed by atoms with van der Waals surface area (Å²) in [6.07, 6.45) is 5.41. The van der Waals surface area contributed by atoms with Crippen LogP contribution in [0.1, 0.15) is 25.2 Å². The molecule has 2 fully saturated rings. The van der Waals surface area contributed by atoms with E-state index in [9.17, 15) is 4.79 Å². The number of fused-ring (bicyclic) bond motifs is 2. The van der Waals surface area contributed by atoms with Crippen LogP contribution >= 0.6 is 0 Å². The summed E-state index contributed by atoms with van der Waals surface area (Å²) in [6.45, 7) is 0.529. The van der Waals surface area contributed by atoms with Crippen molar-refractivity contribution >= 4 is 5.91 Å². The van der Waals surface area contributed by atoms with Gasteiger partial charge in [0.05, 0.1) is 5.92 Å². The van der Waals surface area contributed by atoms with Crippen LogP contribution in [0.2, 0.25) is 0 Å². The number of rotatable bonds is 4. The average Bonchev–Trinajstić information content (AvgIpc) is 3.03. The summed E-state index contributed by atoms with van der Waals surface area (Å²) in [5.74, 6) is 1.70.